The number of benzene rings is 2. The molecule has 2 amide bonds. The van der Waals surface area contributed by atoms with E-state index in [1.54, 1.807) is 11.1 Å². The Morgan fingerprint density at radius 2 is 1.69 bits per heavy atom. The van der Waals surface area contributed by atoms with Gasteiger partial charge in [-0.2, -0.15) is 0 Å². The highest BCUT2D eigenvalue weighted by Crippen LogP contribution is 2.19. The molecule has 164 valence electrons. The second-order valence-electron chi connectivity index (χ2n) is 8.15. The summed E-state index contributed by atoms with van der Waals surface area (Å²) in [6, 6.07) is 18.3. The number of aryl methyl sites for hydroxylation is 1. The minimum atomic E-state index is -0.190. The lowest BCUT2D eigenvalue weighted by molar-refractivity contribution is -0.132. The fourth-order valence-corrected chi connectivity index (χ4v) is 3.99. The second-order valence-corrected chi connectivity index (χ2v) is 8.15. The largest absolute Gasteiger partial charge is 0.338 e. The van der Waals surface area contributed by atoms with Crippen LogP contribution in [0.3, 0.4) is 0 Å². The first-order chi connectivity index (χ1) is 15.6. The minimum absolute atomic E-state index is 0.0759. The van der Waals surface area contributed by atoms with Crippen LogP contribution in [0.2, 0.25) is 0 Å². The van der Waals surface area contributed by atoms with Gasteiger partial charge in [0.1, 0.15) is 5.69 Å². The first kappa shape index (κ1) is 21.7. The van der Waals surface area contributed by atoms with Gasteiger partial charge in [0.15, 0.2) is 0 Å². The summed E-state index contributed by atoms with van der Waals surface area (Å²) in [6.07, 6.45) is 4.99. The van der Waals surface area contributed by atoms with Crippen LogP contribution >= 0.6 is 0 Å². The van der Waals surface area contributed by atoms with E-state index in [4.69, 9.17) is 0 Å². The van der Waals surface area contributed by atoms with Gasteiger partial charge in [-0.1, -0.05) is 54.6 Å². The molecule has 2 heterocycles. The zero-order valence-electron chi connectivity index (χ0n) is 18.4. The Morgan fingerprint density at radius 1 is 0.938 bits per heavy atom. The summed E-state index contributed by atoms with van der Waals surface area (Å²) in [5.41, 5.74) is 4.74. The Kier molecular flexibility index (Phi) is 6.90. The van der Waals surface area contributed by atoms with Crippen molar-refractivity contribution in [2.75, 3.05) is 19.6 Å². The lowest BCUT2D eigenvalue weighted by atomic mass is 10.00. The molecular formula is C26H28N4O2. The van der Waals surface area contributed by atoms with Crippen LogP contribution < -0.4 is 0 Å². The van der Waals surface area contributed by atoms with E-state index in [-0.39, 0.29) is 11.8 Å². The summed E-state index contributed by atoms with van der Waals surface area (Å²) in [7, 11) is 0. The van der Waals surface area contributed by atoms with E-state index in [1.807, 2.05) is 54.3 Å². The number of rotatable bonds is 7. The van der Waals surface area contributed by atoms with E-state index in [1.165, 1.54) is 17.3 Å². The van der Waals surface area contributed by atoms with E-state index in [2.05, 4.69) is 22.1 Å². The van der Waals surface area contributed by atoms with E-state index in [9.17, 15) is 9.59 Å². The predicted octanol–water partition coefficient (Wildman–Crippen LogP) is 3.44. The van der Waals surface area contributed by atoms with Crippen LogP contribution in [0.15, 0.2) is 67.0 Å². The highest BCUT2D eigenvalue weighted by molar-refractivity contribution is 5.92. The quantitative estimate of drug-likeness (QED) is 0.578. The molecular weight excluding hydrogens is 400 g/mol. The molecule has 0 aliphatic carbocycles. The van der Waals surface area contributed by atoms with Gasteiger partial charge in [-0.15, -0.1) is 0 Å². The van der Waals surface area contributed by atoms with Gasteiger partial charge < -0.3 is 9.80 Å². The standard InChI is InChI=1S/C26H28N4O2/c1-20-17-28-24(18-27-20)26(32)29(14-11-21-7-3-2-4-8-21)16-13-25(31)30-15-12-22-9-5-6-10-23(22)19-30/h2-10,17-18H,11-16,19H2,1H3. The molecule has 0 radical (unpaired) electrons. The van der Waals surface area contributed by atoms with Crippen LogP contribution in [0.1, 0.15) is 39.3 Å². The van der Waals surface area contributed by atoms with Gasteiger partial charge in [0.25, 0.3) is 5.91 Å². The van der Waals surface area contributed by atoms with E-state index < -0.39 is 0 Å². The second kappa shape index (κ2) is 10.2. The van der Waals surface area contributed by atoms with Gasteiger partial charge in [-0.05, 0) is 36.5 Å². The molecule has 4 rings (SSSR count). The van der Waals surface area contributed by atoms with E-state index in [0.29, 0.717) is 31.7 Å². The molecule has 0 unspecified atom stereocenters. The molecule has 0 bridgehead atoms. The zero-order chi connectivity index (χ0) is 22.3. The Bertz CT molecular complexity index is 1070. The van der Waals surface area contributed by atoms with Crippen molar-refractivity contribution < 1.29 is 9.59 Å². The van der Waals surface area contributed by atoms with Gasteiger partial charge in [-0.25, -0.2) is 4.98 Å². The van der Waals surface area contributed by atoms with Crippen LogP contribution in [-0.4, -0.2) is 51.2 Å². The molecule has 0 saturated carbocycles. The van der Waals surface area contributed by atoms with Crippen molar-refractivity contribution in [2.24, 2.45) is 0 Å². The number of hydrogen-bond donors (Lipinski definition) is 0. The van der Waals surface area contributed by atoms with Crippen molar-refractivity contribution in [3.8, 4) is 0 Å². The zero-order valence-corrected chi connectivity index (χ0v) is 18.4. The first-order valence-electron chi connectivity index (χ1n) is 11.1. The number of aromatic nitrogens is 2. The topological polar surface area (TPSA) is 66.4 Å². The summed E-state index contributed by atoms with van der Waals surface area (Å²) in [4.78, 5) is 38.2. The Hall–Kier alpha value is -3.54. The fraction of sp³-hybridized carbons (Fsp3) is 0.308. The smallest absolute Gasteiger partial charge is 0.274 e. The lowest BCUT2D eigenvalue weighted by Gasteiger charge is -2.30. The summed E-state index contributed by atoms with van der Waals surface area (Å²) >= 11 is 0. The molecule has 1 aromatic heterocycles. The van der Waals surface area contributed by atoms with Crippen molar-refractivity contribution in [1.82, 2.24) is 19.8 Å². The maximum atomic E-state index is 13.1. The molecule has 3 aromatic rings. The minimum Gasteiger partial charge on any atom is -0.338 e. The molecule has 1 aliphatic heterocycles. The van der Waals surface area contributed by atoms with E-state index >= 15 is 0 Å². The van der Waals surface area contributed by atoms with Gasteiger partial charge in [0, 0.05) is 38.8 Å². The number of carbonyl (C=O) groups is 2. The molecule has 6 nitrogen and oxygen atoms in total. The predicted molar refractivity (Wildman–Crippen MR) is 123 cm³/mol. The molecule has 0 atom stereocenters. The van der Waals surface area contributed by atoms with Crippen molar-refractivity contribution in [3.05, 3.63) is 95.1 Å². The van der Waals surface area contributed by atoms with Gasteiger partial charge in [0.2, 0.25) is 5.91 Å². The highest BCUT2D eigenvalue weighted by atomic mass is 16.2. The Morgan fingerprint density at radius 3 is 2.44 bits per heavy atom. The average Bonchev–Trinajstić information content (AvgIpc) is 2.84. The van der Waals surface area contributed by atoms with Crippen molar-refractivity contribution >= 4 is 11.8 Å². The van der Waals surface area contributed by atoms with Crippen molar-refractivity contribution in [3.63, 3.8) is 0 Å². The summed E-state index contributed by atoms with van der Waals surface area (Å²) in [5, 5.41) is 0. The number of carbonyl (C=O) groups excluding carboxylic acids is 2. The maximum absolute atomic E-state index is 13.1. The van der Waals surface area contributed by atoms with Gasteiger partial charge in [-0.3, -0.25) is 14.6 Å². The Labute approximate surface area is 188 Å². The van der Waals surface area contributed by atoms with Crippen LogP contribution in [0, 0.1) is 6.92 Å². The third-order valence-electron chi connectivity index (χ3n) is 5.88. The number of hydrogen-bond acceptors (Lipinski definition) is 4. The summed E-state index contributed by atoms with van der Waals surface area (Å²) in [6.45, 7) is 4.07. The van der Waals surface area contributed by atoms with Crippen LogP contribution in [0.4, 0.5) is 0 Å². The lowest BCUT2D eigenvalue weighted by Crippen LogP contribution is -2.40. The van der Waals surface area contributed by atoms with Gasteiger partial charge in [0.05, 0.1) is 11.9 Å². The van der Waals surface area contributed by atoms with Crippen LogP contribution in [-0.2, 0) is 24.2 Å². The fourth-order valence-electron chi connectivity index (χ4n) is 3.99. The Balaban J connectivity index is 1.41. The number of fused-ring (bicyclic) bond motifs is 1. The molecule has 2 aromatic carbocycles. The molecule has 0 fully saturated rings. The van der Waals surface area contributed by atoms with Gasteiger partial charge >= 0.3 is 0 Å². The molecule has 6 heteroatoms. The SMILES string of the molecule is Cc1cnc(C(=O)N(CCC(=O)N2CCc3ccccc3C2)CCc2ccccc2)cn1. The number of amides is 2. The molecule has 1 aliphatic rings. The van der Waals surface area contributed by atoms with E-state index in [0.717, 1.165) is 30.6 Å². The molecule has 0 N–H and O–H groups in total. The normalized spacial score (nSPS) is 12.8. The molecule has 32 heavy (non-hydrogen) atoms. The number of nitrogens with zero attached hydrogens (tertiary/aromatic N) is 4. The van der Waals surface area contributed by atoms with Crippen LogP contribution in [0.5, 0.6) is 0 Å². The molecule has 0 saturated heterocycles. The monoisotopic (exact) mass is 428 g/mol. The third kappa shape index (κ3) is 5.38. The third-order valence-corrected chi connectivity index (χ3v) is 5.88. The first-order valence-corrected chi connectivity index (χ1v) is 11.1. The molecule has 0 spiro atoms. The van der Waals surface area contributed by atoms with Crippen LogP contribution in [0.25, 0.3) is 0 Å². The highest BCUT2D eigenvalue weighted by Gasteiger charge is 2.23. The summed E-state index contributed by atoms with van der Waals surface area (Å²) in [5.74, 6) is -0.114. The average molecular weight is 429 g/mol. The summed E-state index contributed by atoms with van der Waals surface area (Å²) < 4.78 is 0. The van der Waals surface area contributed by atoms with Crippen molar-refractivity contribution in [1.29, 1.82) is 0 Å². The van der Waals surface area contributed by atoms with Crippen molar-refractivity contribution in [2.45, 2.75) is 32.7 Å². The maximum Gasteiger partial charge on any atom is 0.274 e.